The van der Waals surface area contributed by atoms with Gasteiger partial charge >= 0.3 is 0 Å². The molecular formula is C84H153NO18. The predicted molar refractivity (Wildman–Crippen MR) is 411 cm³/mol. The number of rotatable bonds is 67. The van der Waals surface area contributed by atoms with Crippen LogP contribution >= 0.6 is 0 Å². The lowest BCUT2D eigenvalue weighted by molar-refractivity contribution is -0.379. The van der Waals surface area contributed by atoms with Gasteiger partial charge in [-0.1, -0.05) is 312 Å². The second kappa shape index (κ2) is 64.3. The highest BCUT2D eigenvalue weighted by atomic mass is 16.8. The zero-order valence-electron chi connectivity index (χ0n) is 64.5. The van der Waals surface area contributed by atoms with Crippen molar-refractivity contribution in [1.82, 2.24) is 5.32 Å². The van der Waals surface area contributed by atoms with Gasteiger partial charge in [-0.2, -0.15) is 0 Å². The van der Waals surface area contributed by atoms with E-state index in [4.69, 9.17) is 28.4 Å². The van der Waals surface area contributed by atoms with Crippen LogP contribution in [0.4, 0.5) is 0 Å². The molecule has 0 saturated carbocycles. The molecule has 3 heterocycles. The highest BCUT2D eigenvalue weighted by Crippen LogP contribution is 2.33. The predicted octanol–water partition coefficient (Wildman–Crippen LogP) is 14.6. The molecule has 17 atom stereocenters. The van der Waals surface area contributed by atoms with Crippen LogP contribution in [0.15, 0.2) is 60.8 Å². The second-order valence-corrected chi connectivity index (χ2v) is 29.9. The van der Waals surface area contributed by atoms with Gasteiger partial charge in [0.25, 0.3) is 0 Å². The summed E-state index contributed by atoms with van der Waals surface area (Å²) in [4.78, 5) is 13.5. The quantitative estimate of drug-likeness (QED) is 0.0199. The topological polar surface area (TPSA) is 307 Å². The summed E-state index contributed by atoms with van der Waals surface area (Å²) in [6, 6.07) is -0.998. The molecule has 0 radical (unpaired) electrons. The number of allylic oxidation sites excluding steroid dienone is 9. The number of hydrogen-bond acceptors (Lipinski definition) is 18. The van der Waals surface area contributed by atoms with Crippen molar-refractivity contribution in [2.75, 3.05) is 26.4 Å². The van der Waals surface area contributed by atoms with Crippen LogP contribution in [-0.2, 0) is 33.2 Å². The van der Waals surface area contributed by atoms with Crippen LogP contribution in [0.25, 0.3) is 0 Å². The summed E-state index contributed by atoms with van der Waals surface area (Å²) in [7, 11) is 0. The summed E-state index contributed by atoms with van der Waals surface area (Å²) in [6.45, 7) is 1.74. The van der Waals surface area contributed by atoms with Crippen molar-refractivity contribution in [2.24, 2.45) is 0 Å². The van der Waals surface area contributed by atoms with Gasteiger partial charge in [-0.25, -0.2) is 0 Å². The fourth-order valence-corrected chi connectivity index (χ4v) is 14.0. The average Bonchev–Trinajstić information content (AvgIpc) is 0.781. The van der Waals surface area contributed by atoms with Crippen molar-refractivity contribution in [3.63, 3.8) is 0 Å². The first-order valence-electron chi connectivity index (χ1n) is 42.0. The largest absolute Gasteiger partial charge is 0.394 e. The second-order valence-electron chi connectivity index (χ2n) is 29.9. The van der Waals surface area contributed by atoms with Gasteiger partial charge in [0.15, 0.2) is 18.9 Å². The minimum atomic E-state index is -1.98. The van der Waals surface area contributed by atoms with Gasteiger partial charge in [0, 0.05) is 6.42 Å². The molecule has 19 nitrogen and oxygen atoms in total. The summed E-state index contributed by atoms with van der Waals surface area (Å²) in [6.07, 6.45) is 56.6. The van der Waals surface area contributed by atoms with E-state index < -0.39 is 124 Å². The number of carbonyl (C=O) groups is 1. The Morgan fingerprint density at radius 2 is 0.650 bits per heavy atom. The lowest BCUT2D eigenvalue weighted by Crippen LogP contribution is -2.66. The van der Waals surface area contributed by atoms with Crippen LogP contribution < -0.4 is 5.32 Å². The van der Waals surface area contributed by atoms with Crippen LogP contribution in [0.5, 0.6) is 0 Å². The number of unbranched alkanes of at least 4 members (excludes halogenated alkanes) is 43. The van der Waals surface area contributed by atoms with Crippen LogP contribution in [0.1, 0.15) is 335 Å². The van der Waals surface area contributed by atoms with E-state index in [2.05, 4.69) is 67.8 Å². The molecule has 0 aromatic rings. The third-order valence-corrected chi connectivity index (χ3v) is 20.8. The van der Waals surface area contributed by atoms with Crippen molar-refractivity contribution in [1.29, 1.82) is 0 Å². The summed E-state index contributed by atoms with van der Waals surface area (Å²) < 4.78 is 34.4. The number of aliphatic hydroxyl groups is 11. The smallest absolute Gasteiger partial charge is 0.220 e. The summed E-state index contributed by atoms with van der Waals surface area (Å²) in [5.41, 5.74) is 0. The Balaban J connectivity index is 1.33. The summed E-state index contributed by atoms with van der Waals surface area (Å²) >= 11 is 0. The van der Waals surface area contributed by atoms with E-state index in [1.54, 1.807) is 6.08 Å². The Morgan fingerprint density at radius 3 is 1.03 bits per heavy atom. The van der Waals surface area contributed by atoms with Gasteiger partial charge in [0.2, 0.25) is 5.91 Å². The number of carbonyl (C=O) groups excluding carboxylic acids is 1. The first kappa shape index (κ1) is 94.7. The summed E-state index contributed by atoms with van der Waals surface area (Å²) in [5, 5.41) is 121. The van der Waals surface area contributed by atoms with Gasteiger partial charge in [-0.15, -0.1) is 0 Å². The highest BCUT2D eigenvalue weighted by Gasteiger charge is 2.54. The van der Waals surface area contributed by atoms with Crippen molar-refractivity contribution < 1.29 is 89.4 Å². The molecule has 12 N–H and O–H groups in total. The van der Waals surface area contributed by atoms with Gasteiger partial charge in [0.1, 0.15) is 73.2 Å². The molecule has 103 heavy (non-hydrogen) atoms. The molecule has 602 valence electrons. The van der Waals surface area contributed by atoms with Crippen molar-refractivity contribution >= 4 is 5.91 Å². The van der Waals surface area contributed by atoms with Crippen LogP contribution in [0.3, 0.4) is 0 Å². The molecule has 1 amide bonds. The van der Waals surface area contributed by atoms with Gasteiger partial charge in [0.05, 0.1) is 38.6 Å². The molecule has 3 fully saturated rings. The third kappa shape index (κ3) is 44.1. The van der Waals surface area contributed by atoms with Gasteiger partial charge < -0.3 is 89.9 Å². The number of hydrogen-bond donors (Lipinski definition) is 12. The Labute approximate surface area is 624 Å². The number of amides is 1. The van der Waals surface area contributed by atoms with E-state index in [0.717, 1.165) is 51.4 Å². The summed E-state index contributed by atoms with van der Waals surface area (Å²) in [5.74, 6) is -0.284. The maximum absolute atomic E-state index is 13.5. The van der Waals surface area contributed by atoms with Gasteiger partial charge in [-0.3, -0.25) is 4.79 Å². The van der Waals surface area contributed by atoms with Crippen LogP contribution in [-0.4, -0.2) is 193 Å². The van der Waals surface area contributed by atoms with E-state index in [1.807, 2.05) is 6.08 Å². The van der Waals surface area contributed by atoms with E-state index in [1.165, 1.54) is 250 Å². The molecule has 17 unspecified atom stereocenters. The first-order valence-corrected chi connectivity index (χ1v) is 42.0. The van der Waals surface area contributed by atoms with E-state index in [9.17, 15) is 61.0 Å². The molecule has 3 aliphatic rings. The molecule has 0 aromatic heterocycles. The molecule has 0 aromatic carbocycles. The SMILES string of the molecule is CCCCCCC/C=C\C/C=C\CCCCCCCCCCCCCCCCCCCCCCCCCCCC(=O)NC(COC1OC(CO)C(OC2OC(CO)C(OC3OC(CO)C(O)C(O)C3O)C(O)C2O)C(O)C1O)C(O)/C=C/CC/C=C/CC/C=C/CCCCCCCCCCCCC. The molecule has 0 aliphatic carbocycles. The van der Waals surface area contributed by atoms with E-state index in [0.29, 0.717) is 12.8 Å². The standard InChI is InChI=1S/C84H153NO18/c1-3-5-7-9-11-13-15-17-19-21-23-25-26-27-28-29-30-31-32-33-34-35-36-37-38-39-40-42-44-46-48-50-52-54-56-58-60-62-72(90)85-67(68(89)61-59-57-55-53-51-49-47-45-43-41-24-22-20-18-16-14-12-10-8-6-4-2)66-98-82-78(96)75(93)80(70(64-87)100-82)103-84-79(97)76(94)81(71(65-88)101-84)102-83-77(95)74(92)73(91)69(63-86)99-83/h15,17,21,23,43,45,51,53,59,61,67-71,73-84,86-89,91-97H,3-14,16,18-20,22,24-42,44,46-50,52,54-58,60,62-66H2,1-2H3,(H,85,90)/b17-15-,23-21-,45-43+,53-51+,61-59+. The lowest BCUT2D eigenvalue weighted by atomic mass is 9.96. The number of aliphatic hydroxyl groups excluding tert-OH is 11. The van der Waals surface area contributed by atoms with Crippen LogP contribution in [0.2, 0.25) is 0 Å². The Bertz CT molecular complexity index is 2090. The fraction of sp³-hybridized carbons (Fsp3) is 0.869. The van der Waals surface area contributed by atoms with E-state index >= 15 is 0 Å². The highest BCUT2D eigenvalue weighted by molar-refractivity contribution is 5.76. The van der Waals surface area contributed by atoms with E-state index in [-0.39, 0.29) is 18.9 Å². The van der Waals surface area contributed by atoms with Crippen LogP contribution in [0, 0.1) is 0 Å². The molecule has 0 spiro atoms. The fourth-order valence-electron chi connectivity index (χ4n) is 14.0. The maximum Gasteiger partial charge on any atom is 0.220 e. The third-order valence-electron chi connectivity index (χ3n) is 20.8. The minimum absolute atomic E-state index is 0.234. The minimum Gasteiger partial charge on any atom is -0.394 e. The lowest BCUT2D eigenvalue weighted by Gasteiger charge is -2.48. The monoisotopic (exact) mass is 1460 g/mol. The molecule has 19 heteroatoms. The molecule has 3 aliphatic heterocycles. The molecule has 3 rings (SSSR count). The normalized spacial score (nSPS) is 26.3. The zero-order chi connectivity index (χ0) is 74.6. The number of ether oxygens (including phenoxy) is 6. The van der Waals surface area contributed by atoms with Crippen molar-refractivity contribution in [3.8, 4) is 0 Å². The van der Waals surface area contributed by atoms with Gasteiger partial charge in [-0.05, 0) is 77.0 Å². The Hall–Kier alpha value is -2.51. The zero-order valence-corrected chi connectivity index (χ0v) is 64.5. The van der Waals surface area contributed by atoms with Crippen molar-refractivity contribution in [2.45, 2.75) is 439 Å². The molecule has 0 bridgehead atoms. The Kier molecular flexibility index (Phi) is 59.1. The molecule has 3 saturated heterocycles. The average molecular weight is 1470 g/mol. The maximum atomic E-state index is 13.5. The Morgan fingerprint density at radius 1 is 0.350 bits per heavy atom. The number of nitrogens with one attached hydrogen (secondary N) is 1. The molecular weight excluding hydrogens is 1310 g/mol. The van der Waals surface area contributed by atoms with Crippen molar-refractivity contribution in [3.05, 3.63) is 60.8 Å². The first-order chi connectivity index (χ1) is 50.3.